The highest BCUT2D eigenvalue weighted by atomic mass is 16.2. The van der Waals surface area contributed by atoms with Gasteiger partial charge in [-0.25, -0.2) is 0 Å². The van der Waals surface area contributed by atoms with Crippen molar-refractivity contribution in [2.45, 2.75) is 39.0 Å². The summed E-state index contributed by atoms with van der Waals surface area (Å²) in [6.07, 6.45) is 6.36. The number of aliphatic hydroxyl groups excluding tert-OH is 1. The molecule has 0 bridgehead atoms. The van der Waals surface area contributed by atoms with Crippen LogP contribution in [0.2, 0.25) is 0 Å². The molecule has 1 aromatic rings. The number of hydrogen-bond donors (Lipinski definition) is 2. The van der Waals surface area contributed by atoms with Crippen molar-refractivity contribution in [3.05, 3.63) is 34.9 Å². The van der Waals surface area contributed by atoms with Gasteiger partial charge >= 0.3 is 0 Å². The van der Waals surface area contributed by atoms with Gasteiger partial charge in [0.05, 0.1) is 0 Å². The van der Waals surface area contributed by atoms with Crippen molar-refractivity contribution in [2.24, 2.45) is 5.92 Å². The highest BCUT2D eigenvalue weighted by Gasteiger charge is 2.15. The second kappa shape index (κ2) is 7.85. The van der Waals surface area contributed by atoms with E-state index in [9.17, 15) is 4.79 Å². The number of rotatable bonds is 4. The number of carbonyl (C=O) groups excluding carboxylic acids is 1. The molecule has 1 aromatic carbocycles. The van der Waals surface area contributed by atoms with E-state index in [0.717, 1.165) is 30.0 Å². The molecule has 0 unspecified atom stereocenters. The number of carbonyl (C=O) groups is 1. The third-order valence-electron chi connectivity index (χ3n) is 4.19. The van der Waals surface area contributed by atoms with Gasteiger partial charge in [-0.3, -0.25) is 4.79 Å². The third-order valence-corrected chi connectivity index (χ3v) is 4.19. The van der Waals surface area contributed by atoms with Gasteiger partial charge in [0, 0.05) is 17.7 Å². The zero-order chi connectivity index (χ0) is 15.1. The van der Waals surface area contributed by atoms with Crippen LogP contribution in [-0.2, 0) is 0 Å². The summed E-state index contributed by atoms with van der Waals surface area (Å²) in [7, 11) is 0. The van der Waals surface area contributed by atoms with Gasteiger partial charge in [0.1, 0.15) is 6.61 Å². The number of aliphatic hydroxyl groups is 1. The molecule has 1 saturated carbocycles. The maximum Gasteiger partial charge on any atom is 0.251 e. The summed E-state index contributed by atoms with van der Waals surface area (Å²) in [6, 6.07) is 5.53. The quantitative estimate of drug-likeness (QED) is 0.836. The van der Waals surface area contributed by atoms with Crippen molar-refractivity contribution < 1.29 is 9.90 Å². The Kier molecular flexibility index (Phi) is 5.83. The first-order chi connectivity index (χ1) is 10.2. The van der Waals surface area contributed by atoms with Crippen LogP contribution in [0.15, 0.2) is 18.2 Å². The van der Waals surface area contributed by atoms with Crippen LogP contribution >= 0.6 is 0 Å². The Bertz CT molecular complexity index is 548. The molecule has 1 fully saturated rings. The van der Waals surface area contributed by atoms with Gasteiger partial charge in [0.2, 0.25) is 0 Å². The minimum absolute atomic E-state index is 0.0295. The Hall–Kier alpha value is -1.79. The molecule has 0 aromatic heterocycles. The summed E-state index contributed by atoms with van der Waals surface area (Å²) in [5, 5.41) is 11.8. The molecule has 2 rings (SSSR count). The van der Waals surface area contributed by atoms with Crippen LogP contribution in [0.25, 0.3) is 0 Å². The second-order valence-corrected chi connectivity index (χ2v) is 5.63. The van der Waals surface area contributed by atoms with Crippen molar-refractivity contribution in [3.63, 3.8) is 0 Å². The highest BCUT2D eigenvalue weighted by molar-refractivity contribution is 5.96. The summed E-state index contributed by atoms with van der Waals surface area (Å²) in [4.78, 5) is 12.3. The third kappa shape index (κ3) is 4.34. The zero-order valence-electron chi connectivity index (χ0n) is 12.6. The Balaban J connectivity index is 1.95. The van der Waals surface area contributed by atoms with Gasteiger partial charge in [-0.2, -0.15) is 0 Å². The van der Waals surface area contributed by atoms with Gasteiger partial charge in [-0.1, -0.05) is 43.6 Å². The largest absolute Gasteiger partial charge is 0.384 e. The molecule has 0 heterocycles. The predicted molar refractivity (Wildman–Crippen MR) is 84.1 cm³/mol. The fourth-order valence-electron chi connectivity index (χ4n) is 2.94. The lowest BCUT2D eigenvalue weighted by Crippen LogP contribution is -2.26. The molecule has 21 heavy (non-hydrogen) atoms. The van der Waals surface area contributed by atoms with Crippen LogP contribution in [0.4, 0.5) is 0 Å². The second-order valence-electron chi connectivity index (χ2n) is 5.63. The monoisotopic (exact) mass is 285 g/mol. The maximum atomic E-state index is 12.3. The molecule has 0 radical (unpaired) electrons. The van der Waals surface area contributed by atoms with E-state index in [1.54, 1.807) is 0 Å². The number of amides is 1. The first-order valence-electron chi connectivity index (χ1n) is 7.70. The summed E-state index contributed by atoms with van der Waals surface area (Å²) < 4.78 is 0. The minimum Gasteiger partial charge on any atom is -0.384 e. The van der Waals surface area contributed by atoms with E-state index in [-0.39, 0.29) is 12.5 Å². The fourth-order valence-corrected chi connectivity index (χ4v) is 2.94. The molecule has 1 amide bonds. The van der Waals surface area contributed by atoms with Crippen LogP contribution < -0.4 is 5.32 Å². The lowest BCUT2D eigenvalue weighted by atomic mass is 10.0. The molecular formula is C18H23NO2. The van der Waals surface area contributed by atoms with Crippen LogP contribution in [0, 0.1) is 24.7 Å². The van der Waals surface area contributed by atoms with Crippen molar-refractivity contribution in [3.8, 4) is 11.8 Å². The lowest BCUT2D eigenvalue weighted by Gasteiger charge is -2.11. The standard InChI is InChI=1S/C18H23NO2/c1-14-16(9-5-13-20)8-4-10-17(14)18(21)19-12-11-15-6-2-3-7-15/h4,8,10,15,20H,2-3,6-7,11-13H2,1H3,(H,19,21). The molecule has 0 atom stereocenters. The predicted octanol–water partition coefficient (Wildman–Crippen LogP) is 2.65. The molecule has 0 saturated heterocycles. The molecule has 3 heteroatoms. The molecule has 1 aliphatic carbocycles. The van der Waals surface area contributed by atoms with Crippen LogP contribution in [0.3, 0.4) is 0 Å². The van der Waals surface area contributed by atoms with E-state index in [2.05, 4.69) is 17.2 Å². The summed E-state index contributed by atoms with van der Waals surface area (Å²) in [6.45, 7) is 2.47. The number of hydrogen-bond acceptors (Lipinski definition) is 2. The zero-order valence-corrected chi connectivity index (χ0v) is 12.6. The van der Waals surface area contributed by atoms with Crippen molar-refractivity contribution in [1.29, 1.82) is 0 Å². The van der Waals surface area contributed by atoms with E-state index < -0.39 is 0 Å². The van der Waals surface area contributed by atoms with Gasteiger partial charge in [0.25, 0.3) is 5.91 Å². The summed E-state index contributed by atoms with van der Waals surface area (Å²) in [5.74, 6) is 6.26. The van der Waals surface area contributed by atoms with Crippen molar-refractivity contribution in [1.82, 2.24) is 5.32 Å². The van der Waals surface area contributed by atoms with Crippen molar-refractivity contribution in [2.75, 3.05) is 13.2 Å². The molecule has 2 N–H and O–H groups in total. The first-order valence-corrected chi connectivity index (χ1v) is 7.70. The molecule has 112 valence electrons. The van der Waals surface area contributed by atoms with Gasteiger partial charge < -0.3 is 10.4 Å². The average Bonchev–Trinajstić information content (AvgIpc) is 2.99. The Morgan fingerprint density at radius 3 is 2.86 bits per heavy atom. The Labute approximate surface area is 126 Å². The average molecular weight is 285 g/mol. The van der Waals surface area contributed by atoms with Gasteiger partial charge in [-0.05, 0) is 37.0 Å². The van der Waals surface area contributed by atoms with E-state index in [1.807, 2.05) is 25.1 Å². The topological polar surface area (TPSA) is 49.3 Å². The molecule has 1 aliphatic rings. The van der Waals surface area contributed by atoms with E-state index in [0.29, 0.717) is 5.56 Å². The number of benzene rings is 1. The van der Waals surface area contributed by atoms with E-state index >= 15 is 0 Å². The van der Waals surface area contributed by atoms with Crippen LogP contribution in [0.5, 0.6) is 0 Å². The Morgan fingerprint density at radius 2 is 2.14 bits per heavy atom. The summed E-state index contributed by atoms with van der Waals surface area (Å²) in [5.41, 5.74) is 2.34. The fraction of sp³-hybridized carbons (Fsp3) is 0.500. The van der Waals surface area contributed by atoms with Crippen LogP contribution in [0.1, 0.15) is 53.6 Å². The smallest absolute Gasteiger partial charge is 0.251 e. The van der Waals surface area contributed by atoms with Gasteiger partial charge in [0.15, 0.2) is 0 Å². The first kappa shape index (κ1) is 15.6. The van der Waals surface area contributed by atoms with E-state index in [1.165, 1.54) is 25.7 Å². The molecule has 0 aliphatic heterocycles. The maximum absolute atomic E-state index is 12.3. The molecule has 0 spiro atoms. The summed E-state index contributed by atoms with van der Waals surface area (Å²) >= 11 is 0. The molecular weight excluding hydrogens is 262 g/mol. The van der Waals surface area contributed by atoms with Crippen molar-refractivity contribution >= 4 is 5.91 Å². The minimum atomic E-state index is -0.169. The SMILES string of the molecule is Cc1c(C#CCO)cccc1C(=O)NCCC1CCCC1. The van der Waals surface area contributed by atoms with Gasteiger partial charge in [-0.15, -0.1) is 0 Å². The lowest BCUT2D eigenvalue weighted by molar-refractivity contribution is 0.0951. The molecule has 3 nitrogen and oxygen atoms in total. The highest BCUT2D eigenvalue weighted by Crippen LogP contribution is 2.26. The normalized spacial score (nSPS) is 14.6. The number of nitrogens with one attached hydrogen (secondary N) is 1. The van der Waals surface area contributed by atoms with Crippen LogP contribution in [-0.4, -0.2) is 24.2 Å². The van der Waals surface area contributed by atoms with E-state index in [4.69, 9.17) is 5.11 Å². The Morgan fingerprint density at radius 1 is 1.38 bits per heavy atom.